The molecule has 2 atom stereocenters. The molecule has 2 N–H and O–H groups in total. The van der Waals surface area contributed by atoms with Gasteiger partial charge in [-0.1, -0.05) is 6.92 Å². The quantitative estimate of drug-likeness (QED) is 0.711. The van der Waals surface area contributed by atoms with Crippen LogP contribution < -0.4 is 5.32 Å². The molecule has 0 aliphatic carbocycles. The Kier molecular flexibility index (Phi) is 4.81. The molecular weight excluding hydrogens is 358 g/mol. The Morgan fingerprint density at radius 3 is 2.89 bits per heavy atom. The highest BCUT2D eigenvalue weighted by molar-refractivity contribution is 6.00. The van der Waals surface area contributed by atoms with Crippen molar-refractivity contribution in [3.63, 3.8) is 0 Å². The number of nitrogens with zero attached hydrogens (tertiary/aromatic N) is 5. The number of fused-ring (bicyclic) bond motifs is 1. The van der Waals surface area contributed by atoms with Gasteiger partial charge in [0.25, 0.3) is 11.8 Å². The van der Waals surface area contributed by atoms with E-state index in [1.165, 1.54) is 0 Å². The summed E-state index contributed by atoms with van der Waals surface area (Å²) in [5.41, 5.74) is 2.57. The maximum atomic E-state index is 13.0. The van der Waals surface area contributed by atoms with E-state index < -0.39 is 0 Å². The molecule has 146 valence electrons. The molecule has 4 heterocycles. The third kappa shape index (κ3) is 3.23. The summed E-state index contributed by atoms with van der Waals surface area (Å²) >= 11 is 0. The summed E-state index contributed by atoms with van der Waals surface area (Å²) in [6.45, 7) is 5.09. The Labute approximate surface area is 162 Å². The van der Waals surface area contributed by atoms with Crippen LogP contribution in [0.25, 0.3) is 5.52 Å². The second-order valence-corrected chi connectivity index (χ2v) is 7.16. The predicted octanol–water partition coefficient (Wildman–Crippen LogP) is 1.43. The van der Waals surface area contributed by atoms with Crippen LogP contribution in [0.5, 0.6) is 0 Å². The first-order valence-electron chi connectivity index (χ1n) is 9.46. The Morgan fingerprint density at radius 2 is 2.14 bits per heavy atom. The minimum Gasteiger partial charge on any atom is -0.349 e. The fourth-order valence-electron chi connectivity index (χ4n) is 3.82. The van der Waals surface area contributed by atoms with Crippen molar-refractivity contribution in [3.05, 3.63) is 47.8 Å². The number of carbonyl (C=O) groups is 2. The van der Waals surface area contributed by atoms with Gasteiger partial charge in [-0.25, -0.2) is 4.52 Å². The van der Waals surface area contributed by atoms with E-state index in [-0.39, 0.29) is 23.8 Å². The minimum absolute atomic E-state index is 0.0291. The molecule has 3 aromatic heterocycles. The summed E-state index contributed by atoms with van der Waals surface area (Å²) in [4.78, 5) is 31.5. The molecule has 9 heteroatoms. The van der Waals surface area contributed by atoms with Gasteiger partial charge in [0.2, 0.25) is 0 Å². The number of amides is 2. The Balaban J connectivity index is 1.46. The van der Waals surface area contributed by atoms with Crippen LogP contribution in [0.4, 0.5) is 0 Å². The third-order valence-corrected chi connectivity index (χ3v) is 5.49. The first-order chi connectivity index (χ1) is 13.6. The van der Waals surface area contributed by atoms with Crippen LogP contribution >= 0.6 is 0 Å². The molecule has 1 saturated heterocycles. The van der Waals surface area contributed by atoms with Crippen molar-refractivity contribution in [1.29, 1.82) is 0 Å². The molecule has 0 spiro atoms. The van der Waals surface area contributed by atoms with Gasteiger partial charge in [0, 0.05) is 37.2 Å². The summed E-state index contributed by atoms with van der Waals surface area (Å²) in [5, 5.41) is 14.1. The van der Waals surface area contributed by atoms with Crippen molar-refractivity contribution in [1.82, 2.24) is 35.0 Å². The molecule has 1 fully saturated rings. The number of likely N-dealkylation sites (tertiary alicyclic amines) is 1. The second kappa shape index (κ2) is 7.41. The molecule has 0 bridgehead atoms. The lowest BCUT2D eigenvalue weighted by Gasteiger charge is -2.38. The highest BCUT2D eigenvalue weighted by Crippen LogP contribution is 2.23. The van der Waals surface area contributed by atoms with E-state index in [4.69, 9.17) is 0 Å². The number of rotatable bonds is 4. The number of H-pyrrole nitrogens is 1. The lowest BCUT2D eigenvalue weighted by Crippen LogP contribution is -2.52. The van der Waals surface area contributed by atoms with Crippen LogP contribution in [-0.2, 0) is 0 Å². The van der Waals surface area contributed by atoms with Crippen LogP contribution in [0, 0.1) is 12.8 Å². The van der Waals surface area contributed by atoms with Crippen LogP contribution in [0.1, 0.15) is 46.2 Å². The number of hydrogen-bond acceptors (Lipinski definition) is 5. The minimum atomic E-state index is -0.122. The average molecular weight is 381 g/mol. The van der Waals surface area contributed by atoms with E-state index in [1.54, 1.807) is 35.5 Å². The van der Waals surface area contributed by atoms with Gasteiger partial charge >= 0.3 is 0 Å². The number of nitrogens with one attached hydrogen (secondary N) is 2. The van der Waals surface area contributed by atoms with Gasteiger partial charge < -0.3 is 10.2 Å². The number of aromatic amines is 1. The molecule has 1 aliphatic heterocycles. The van der Waals surface area contributed by atoms with E-state index in [9.17, 15) is 9.59 Å². The largest absolute Gasteiger partial charge is 0.349 e. The SMILES string of the molecule is CCC1CN(C(=O)c2cnn3ccncc23)CCC1NC(=O)c1cn[nH]c1C. The summed E-state index contributed by atoms with van der Waals surface area (Å²) < 4.78 is 1.65. The molecule has 3 aromatic rings. The van der Waals surface area contributed by atoms with Gasteiger partial charge in [0.05, 0.1) is 35.2 Å². The number of hydrogen-bond donors (Lipinski definition) is 2. The summed E-state index contributed by atoms with van der Waals surface area (Å²) in [5.74, 6) is 0.0221. The fraction of sp³-hybridized carbons (Fsp3) is 0.421. The average Bonchev–Trinajstić information content (AvgIpc) is 3.34. The zero-order valence-corrected chi connectivity index (χ0v) is 15.9. The number of carbonyl (C=O) groups excluding carboxylic acids is 2. The topological polar surface area (TPSA) is 108 Å². The number of aromatic nitrogens is 5. The maximum Gasteiger partial charge on any atom is 0.257 e. The van der Waals surface area contributed by atoms with Crippen LogP contribution in [-0.4, -0.2) is 60.6 Å². The van der Waals surface area contributed by atoms with Crippen LogP contribution in [0.3, 0.4) is 0 Å². The van der Waals surface area contributed by atoms with E-state index in [0.717, 1.165) is 12.1 Å². The Bertz CT molecular complexity index is 1010. The van der Waals surface area contributed by atoms with Crippen LogP contribution in [0.2, 0.25) is 0 Å². The Morgan fingerprint density at radius 1 is 1.29 bits per heavy atom. The molecule has 1 aliphatic rings. The monoisotopic (exact) mass is 381 g/mol. The zero-order valence-electron chi connectivity index (χ0n) is 15.9. The standard InChI is InChI=1S/C19H23N7O2/c1-3-13-11-25(19(28)15-9-22-26-7-5-20-10-17(15)26)6-4-16(13)23-18(27)14-8-21-24-12(14)2/h5,7-10,13,16H,3-4,6,11H2,1-2H3,(H,21,24)(H,23,27). The number of piperidine rings is 1. The predicted molar refractivity (Wildman–Crippen MR) is 102 cm³/mol. The van der Waals surface area contributed by atoms with Crippen molar-refractivity contribution in [2.24, 2.45) is 5.92 Å². The summed E-state index contributed by atoms with van der Waals surface area (Å²) in [6.07, 6.45) is 9.73. The van der Waals surface area contributed by atoms with E-state index in [1.807, 2.05) is 11.8 Å². The second-order valence-electron chi connectivity index (χ2n) is 7.16. The van der Waals surface area contributed by atoms with Gasteiger partial charge in [-0.15, -0.1) is 0 Å². The smallest absolute Gasteiger partial charge is 0.257 e. The van der Waals surface area contributed by atoms with Gasteiger partial charge in [-0.3, -0.25) is 19.7 Å². The van der Waals surface area contributed by atoms with E-state index >= 15 is 0 Å². The van der Waals surface area contributed by atoms with Gasteiger partial charge in [0.1, 0.15) is 0 Å². The first kappa shape index (κ1) is 18.1. The Hall–Kier alpha value is -3.23. The molecule has 0 aromatic carbocycles. The molecule has 28 heavy (non-hydrogen) atoms. The van der Waals surface area contributed by atoms with E-state index in [0.29, 0.717) is 36.2 Å². The van der Waals surface area contributed by atoms with Crippen LogP contribution in [0.15, 0.2) is 31.0 Å². The van der Waals surface area contributed by atoms with E-state index in [2.05, 4.69) is 32.5 Å². The molecular formula is C19H23N7O2. The third-order valence-electron chi connectivity index (χ3n) is 5.49. The highest BCUT2D eigenvalue weighted by atomic mass is 16.2. The van der Waals surface area contributed by atoms with Crippen molar-refractivity contribution in [2.75, 3.05) is 13.1 Å². The molecule has 0 radical (unpaired) electrons. The van der Waals surface area contributed by atoms with Crippen molar-refractivity contribution in [3.8, 4) is 0 Å². The number of aryl methyl sites for hydroxylation is 1. The molecule has 2 unspecified atom stereocenters. The lowest BCUT2D eigenvalue weighted by atomic mass is 9.89. The van der Waals surface area contributed by atoms with Crippen molar-refractivity contribution in [2.45, 2.75) is 32.7 Å². The maximum absolute atomic E-state index is 13.0. The summed E-state index contributed by atoms with van der Waals surface area (Å²) in [7, 11) is 0. The van der Waals surface area contributed by atoms with Crippen molar-refractivity contribution < 1.29 is 9.59 Å². The van der Waals surface area contributed by atoms with Gasteiger partial charge in [0.15, 0.2) is 0 Å². The van der Waals surface area contributed by atoms with Gasteiger partial charge in [-0.05, 0) is 25.7 Å². The zero-order chi connectivity index (χ0) is 19.7. The van der Waals surface area contributed by atoms with Crippen molar-refractivity contribution >= 4 is 17.3 Å². The lowest BCUT2D eigenvalue weighted by molar-refractivity contribution is 0.0615. The first-order valence-corrected chi connectivity index (χ1v) is 9.46. The van der Waals surface area contributed by atoms with Gasteiger partial charge in [-0.2, -0.15) is 10.2 Å². The summed E-state index contributed by atoms with van der Waals surface area (Å²) in [6, 6.07) is 0.0291. The fourth-order valence-corrected chi connectivity index (χ4v) is 3.82. The molecule has 4 rings (SSSR count). The molecule has 9 nitrogen and oxygen atoms in total. The highest BCUT2D eigenvalue weighted by Gasteiger charge is 2.33. The molecule has 0 saturated carbocycles. The molecule has 2 amide bonds. The normalized spacial score (nSPS) is 19.7.